The summed E-state index contributed by atoms with van der Waals surface area (Å²) in [6, 6.07) is 3.32. The molecule has 3 rings (SSSR count). The van der Waals surface area contributed by atoms with Gasteiger partial charge < -0.3 is 0 Å². The van der Waals surface area contributed by atoms with Gasteiger partial charge in [0.2, 0.25) is 0 Å². The summed E-state index contributed by atoms with van der Waals surface area (Å²) >= 11 is 3.12. The normalized spacial score (nSPS) is 24.7. The van der Waals surface area contributed by atoms with Crippen molar-refractivity contribution in [1.29, 1.82) is 0 Å². The maximum absolute atomic E-state index is 14.0. The highest BCUT2D eigenvalue weighted by atomic mass is 79.9. The molecule has 0 radical (unpaired) electrons. The first kappa shape index (κ1) is 13.5. The molecule has 2 aliphatic rings. The van der Waals surface area contributed by atoms with Gasteiger partial charge in [-0.3, -0.25) is 9.80 Å². The second kappa shape index (κ2) is 5.46. The van der Waals surface area contributed by atoms with Gasteiger partial charge in [-0.15, -0.1) is 0 Å². The van der Waals surface area contributed by atoms with Gasteiger partial charge in [-0.05, 0) is 47.4 Å². The Bertz CT molecular complexity index is 481. The standard InChI is InChI=1S/C14H17BrF2N2/c15-12-3-4-13(16)11(14(12)17)9-18-6-7-19-5-1-2-10(19)8-18/h3-4,10H,1-2,5-9H2. The van der Waals surface area contributed by atoms with Crippen LogP contribution >= 0.6 is 15.9 Å². The number of halogens is 3. The van der Waals surface area contributed by atoms with Crippen LogP contribution in [0, 0.1) is 11.6 Å². The fourth-order valence-electron chi connectivity index (χ4n) is 3.14. The molecule has 1 unspecified atom stereocenters. The number of nitrogens with zero attached hydrogens (tertiary/aromatic N) is 2. The molecule has 0 saturated carbocycles. The summed E-state index contributed by atoms with van der Waals surface area (Å²) in [6.07, 6.45) is 2.46. The van der Waals surface area contributed by atoms with E-state index in [2.05, 4.69) is 25.7 Å². The molecule has 0 aromatic heterocycles. The quantitative estimate of drug-likeness (QED) is 0.769. The maximum Gasteiger partial charge on any atom is 0.144 e. The molecular weight excluding hydrogens is 314 g/mol. The predicted octanol–water partition coefficient (Wildman–Crippen LogP) is 3.01. The lowest BCUT2D eigenvalue weighted by atomic mass is 10.1. The van der Waals surface area contributed by atoms with E-state index in [-0.39, 0.29) is 5.56 Å². The van der Waals surface area contributed by atoms with Gasteiger partial charge in [0.05, 0.1) is 4.47 Å². The highest BCUT2D eigenvalue weighted by Crippen LogP contribution is 2.26. The first-order valence-electron chi connectivity index (χ1n) is 6.74. The van der Waals surface area contributed by atoms with Crippen molar-refractivity contribution in [3.8, 4) is 0 Å². The summed E-state index contributed by atoms with van der Waals surface area (Å²) in [4.78, 5) is 4.66. The minimum absolute atomic E-state index is 0.181. The van der Waals surface area contributed by atoms with Crippen molar-refractivity contribution in [2.24, 2.45) is 0 Å². The van der Waals surface area contributed by atoms with Crippen molar-refractivity contribution in [2.45, 2.75) is 25.4 Å². The molecule has 0 bridgehead atoms. The van der Waals surface area contributed by atoms with Crippen LogP contribution in [0.4, 0.5) is 8.78 Å². The van der Waals surface area contributed by atoms with E-state index < -0.39 is 11.6 Å². The molecular formula is C14H17BrF2N2. The molecule has 2 fully saturated rings. The average molecular weight is 331 g/mol. The largest absolute Gasteiger partial charge is 0.298 e. The Hall–Kier alpha value is -0.520. The fraction of sp³-hybridized carbons (Fsp3) is 0.571. The van der Waals surface area contributed by atoms with Crippen LogP contribution in [0.25, 0.3) is 0 Å². The van der Waals surface area contributed by atoms with Gasteiger partial charge in [-0.1, -0.05) is 0 Å². The molecule has 0 N–H and O–H groups in total. The van der Waals surface area contributed by atoms with E-state index in [1.807, 2.05) is 0 Å². The number of fused-ring (bicyclic) bond motifs is 1. The van der Waals surface area contributed by atoms with Crippen LogP contribution in [0.15, 0.2) is 16.6 Å². The van der Waals surface area contributed by atoms with E-state index in [1.165, 1.54) is 31.5 Å². The minimum Gasteiger partial charge on any atom is -0.298 e. The van der Waals surface area contributed by atoms with Crippen LogP contribution < -0.4 is 0 Å². The number of benzene rings is 1. The third-order valence-corrected chi connectivity index (χ3v) is 4.80. The Kier molecular flexibility index (Phi) is 3.87. The molecule has 19 heavy (non-hydrogen) atoms. The van der Waals surface area contributed by atoms with E-state index in [0.29, 0.717) is 17.1 Å². The van der Waals surface area contributed by atoms with Crippen molar-refractivity contribution in [3.05, 3.63) is 33.8 Å². The molecule has 2 heterocycles. The van der Waals surface area contributed by atoms with Crippen LogP contribution in [0.2, 0.25) is 0 Å². The first-order valence-corrected chi connectivity index (χ1v) is 7.53. The minimum atomic E-state index is -0.464. The lowest BCUT2D eigenvalue weighted by molar-refractivity contribution is 0.0975. The Morgan fingerprint density at radius 2 is 2.05 bits per heavy atom. The highest BCUT2D eigenvalue weighted by molar-refractivity contribution is 9.10. The Balaban J connectivity index is 1.73. The number of hydrogen-bond acceptors (Lipinski definition) is 2. The van der Waals surface area contributed by atoms with Crippen molar-refractivity contribution in [3.63, 3.8) is 0 Å². The van der Waals surface area contributed by atoms with Crippen LogP contribution in [0.5, 0.6) is 0 Å². The SMILES string of the molecule is Fc1ccc(Br)c(F)c1CN1CCN2CCCC2C1. The molecule has 104 valence electrons. The zero-order chi connectivity index (χ0) is 13.4. The lowest BCUT2D eigenvalue weighted by Crippen LogP contribution is -2.49. The predicted molar refractivity (Wildman–Crippen MR) is 73.9 cm³/mol. The third kappa shape index (κ3) is 2.69. The first-order chi connectivity index (χ1) is 9.15. The van der Waals surface area contributed by atoms with Crippen molar-refractivity contribution in [1.82, 2.24) is 9.80 Å². The van der Waals surface area contributed by atoms with Gasteiger partial charge in [-0.25, -0.2) is 8.78 Å². The Morgan fingerprint density at radius 1 is 1.21 bits per heavy atom. The van der Waals surface area contributed by atoms with E-state index in [0.717, 1.165) is 19.6 Å². The second-order valence-electron chi connectivity index (χ2n) is 5.39. The van der Waals surface area contributed by atoms with Gasteiger partial charge in [0.15, 0.2) is 0 Å². The van der Waals surface area contributed by atoms with Crippen LogP contribution in [0.1, 0.15) is 18.4 Å². The summed E-state index contributed by atoms with van der Waals surface area (Å²) < 4.78 is 28.1. The van der Waals surface area contributed by atoms with Crippen molar-refractivity contribution >= 4 is 15.9 Å². The average Bonchev–Trinajstić information content (AvgIpc) is 2.86. The molecule has 2 aliphatic heterocycles. The summed E-state index contributed by atoms with van der Waals surface area (Å²) in [5, 5.41) is 0. The monoisotopic (exact) mass is 330 g/mol. The summed E-state index contributed by atoms with van der Waals surface area (Å²) in [5.74, 6) is -0.914. The van der Waals surface area contributed by atoms with Crippen molar-refractivity contribution in [2.75, 3.05) is 26.2 Å². The summed E-state index contributed by atoms with van der Waals surface area (Å²) in [7, 11) is 0. The van der Waals surface area contributed by atoms with E-state index in [1.54, 1.807) is 0 Å². The smallest absolute Gasteiger partial charge is 0.144 e. The third-order valence-electron chi connectivity index (χ3n) is 4.19. The van der Waals surface area contributed by atoms with Crippen LogP contribution in [-0.2, 0) is 6.54 Å². The molecule has 2 nitrogen and oxygen atoms in total. The molecule has 1 aromatic carbocycles. The van der Waals surface area contributed by atoms with E-state index >= 15 is 0 Å². The summed E-state index contributed by atoms with van der Waals surface area (Å²) in [6.45, 7) is 4.37. The zero-order valence-electron chi connectivity index (χ0n) is 10.7. The zero-order valence-corrected chi connectivity index (χ0v) is 12.3. The van der Waals surface area contributed by atoms with Crippen LogP contribution in [-0.4, -0.2) is 42.0 Å². The topological polar surface area (TPSA) is 6.48 Å². The number of rotatable bonds is 2. The maximum atomic E-state index is 14.0. The molecule has 0 aliphatic carbocycles. The van der Waals surface area contributed by atoms with Gasteiger partial charge in [0, 0.05) is 37.8 Å². The van der Waals surface area contributed by atoms with Gasteiger partial charge in [-0.2, -0.15) is 0 Å². The second-order valence-corrected chi connectivity index (χ2v) is 6.24. The Morgan fingerprint density at radius 3 is 2.89 bits per heavy atom. The number of piperazine rings is 1. The van der Waals surface area contributed by atoms with E-state index in [4.69, 9.17) is 0 Å². The molecule has 0 amide bonds. The number of hydrogen-bond donors (Lipinski definition) is 0. The molecule has 2 saturated heterocycles. The van der Waals surface area contributed by atoms with Gasteiger partial charge in [0.1, 0.15) is 11.6 Å². The molecule has 1 atom stereocenters. The molecule has 1 aromatic rings. The Labute approximate surface area is 120 Å². The molecule has 5 heteroatoms. The van der Waals surface area contributed by atoms with E-state index in [9.17, 15) is 8.78 Å². The lowest BCUT2D eigenvalue weighted by Gasteiger charge is -2.37. The van der Waals surface area contributed by atoms with Gasteiger partial charge in [0.25, 0.3) is 0 Å². The highest BCUT2D eigenvalue weighted by Gasteiger charge is 2.31. The summed E-state index contributed by atoms with van der Waals surface area (Å²) in [5.41, 5.74) is 0.181. The van der Waals surface area contributed by atoms with Gasteiger partial charge >= 0.3 is 0 Å². The van der Waals surface area contributed by atoms with Crippen molar-refractivity contribution < 1.29 is 8.78 Å². The van der Waals surface area contributed by atoms with Crippen LogP contribution in [0.3, 0.4) is 0 Å². The molecule has 0 spiro atoms. The fourth-order valence-corrected chi connectivity index (χ4v) is 3.51.